The fourth-order valence-electron chi connectivity index (χ4n) is 4.42. The lowest BCUT2D eigenvalue weighted by atomic mass is 9.85. The highest BCUT2D eigenvalue weighted by molar-refractivity contribution is 5.80. The zero-order chi connectivity index (χ0) is 19.2. The summed E-state index contributed by atoms with van der Waals surface area (Å²) in [5.41, 5.74) is 4.17. The molecule has 5 heterocycles. The molecule has 0 radical (unpaired) electrons. The SMILES string of the molecule is c1cn2cc(-c3ccn4nc(N[C@H]5C[C@@H](N6CCOCC6)C5)ncc34)ccc2n1. The normalized spacial score (nSPS) is 22.8. The fourth-order valence-corrected chi connectivity index (χ4v) is 4.42. The highest BCUT2D eigenvalue weighted by Gasteiger charge is 2.34. The lowest BCUT2D eigenvalue weighted by Crippen LogP contribution is -2.53. The molecule has 4 aromatic heterocycles. The average Bonchev–Trinajstić information content (AvgIpc) is 3.36. The molecular weight excluding hydrogens is 366 g/mol. The molecule has 8 nitrogen and oxygen atoms in total. The summed E-state index contributed by atoms with van der Waals surface area (Å²) in [6, 6.07) is 7.31. The number of anilines is 1. The second-order valence-electron chi connectivity index (χ2n) is 7.87. The van der Waals surface area contributed by atoms with Gasteiger partial charge in [-0.15, -0.1) is 5.10 Å². The summed E-state index contributed by atoms with van der Waals surface area (Å²) in [6.07, 6.45) is 12.0. The van der Waals surface area contributed by atoms with Gasteiger partial charge >= 0.3 is 0 Å². The van der Waals surface area contributed by atoms with Crippen molar-refractivity contribution in [2.45, 2.75) is 24.9 Å². The molecule has 0 aromatic carbocycles. The molecule has 0 amide bonds. The van der Waals surface area contributed by atoms with Crippen LogP contribution in [-0.4, -0.2) is 67.3 Å². The summed E-state index contributed by atoms with van der Waals surface area (Å²) in [5.74, 6) is 0.690. The van der Waals surface area contributed by atoms with E-state index >= 15 is 0 Å². The van der Waals surface area contributed by atoms with Crippen LogP contribution in [0.1, 0.15) is 12.8 Å². The first kappa shape index (κ1) is 16.9. The second kappa shape index (κ2) is 6.82. The first-order valence-electron chi connectivity index (χ1n) is 10.2. The molecular formula is C21H23N7O. The largest absolute Gasteiger partial charge is 0.379 e. The van der Waals surface area contributed by atoms with E-state index in [4.69, 9.17) is 4.74 Å². The van der Waals surface area contributed by atoms with Crippen molar-refractivity contribution in [3.8, 4) is 11.1 Å². The van der Waals surface area contributed by atoms with E-state index in [-0.39, 0.29) is 0 Å². The van der Waals surface area contributed by atoms with Gasteiger partial charge in [0.25, 0.3) is 0 Å². The molecule has 6 rings (SSSR count). The minimum Gasteiger partial charge on any atom is -0.379 e. The molecule has 29 heavy (non-hydrogen) atoms. The molecule has 1 aliphatic carbocycles. The van der Waals surface area contributed by atoms with Gasteiger partial charge in [-0.05, 0) is 31.0 Å². The number of ether oxygens (including phenoxy) is 1. The van der Waals surface area contributed by atoms with Gasteiger partial charge in [0.15, 0.2) is 0 Å². The van der Waals surface area contributed by atoms with Crippen LogP contribution in [0.4, 0.5) is 5.95 Å². The Balaban J connectivity index is 1.18. The highest BCUT2D eigenvalue weighted by Crippen LogP contribution is 2.29. The Labute approximate surface area is 168 Å². The lowest BCUT2D eigenvalue weighted by Gasteiger charge is -2.44. The molecule has 0 spiro atoms. The summed E-state index contributed by atoms with van der Waals surface area (Å²) < 4.78 is 9.38. The minimum atomic E-state index is 0.443. The van der Waals surface area contributed by atoms with Crippen LogP contribution < -0.4 is 5.32 Å². The average molecular weight is 389 g/mol. The maximum absolute atomic E-state index is 5.45. The van der Waals surface area contributed by atoms with E-state index in [0.717, 1.165) is 61.4 Å². The third-order valence-corrected chi connectivity index (χ3v) is 6.12. The molecule has 0 atom stereocenters. The topological polar surface area (TPSA) is 72.0 Å². The van der Waals surface area contributed by atoms with E-state index in [2.05, 4.69) is 43.6 Å². The van der Waals surface area contributed by atoms with Crippen LogP contribution >= 0.6 is 0 Å². The molecule has 1 aliphatic heterocycles. The number of hydrogen-bond donors (Lipinski definition) is 1. The van der Waals surface area contributed by atoms with E-state index < -0.39 is 0 Å². The Morgan fingerprint density at radius 3 is 2.83 bits per heavy atom. The van der Waals surface area contributed by atoms with Crippen LogP contribution in [0.15, 0.2) is 49.2 Å². The molecule has 1 N–H and O–H groups in total. The predicted octanol–water partition coefficient (Wildman–Crippen LogP) is 2.32. The van der Waals surface area contributed by atoms with Crippen molar-refractivity contribution in [1.82, 2.24) is 28.9 Å². The number of fused-ring (bicyclic) bond motifs is 2. The molecule has 0 bridgehead atoms. The third kappa shape index (κ3) is 3.04. The molecule has 4 aromatic rings. The Bertz CT molecular complexity index is 1150. The summed E-state index contributed by atoms with van der Waals surface area (Å²) in [6.45, 7) is 3.82. The Morgan fingerprint density at radius 1 is 1.03 bits per heavy atom. The number of nitrogens with one attached hydrogen (secondary N) is 1. The van der Waals surface area contributed by atoms with Crippen molar-refractivity contribution in [3.05, 3.63) is 49.2 Å². The fraction of sp³-hybridized carbons (Fsp3) is 0.381. The summed E-state index contributed by atoms with van der Waals surface area (Å²) >= 11 is 0. The smallest absolute Gasteiger partial charge is 0.241 e. The third-order valence-electron chi connectivity index (χ3n) is 6.12. The van der Waals surface area contributed by atoms with Crippen molar-refractivity contribution >= 4 is 17.1 Å². The van der Waals surface area contributed by atoms with E-state index in [0.29, 0.717) is 18.0 Å². The van der Waals surface area contributed by atoms with Crippen molar-refractivity contribution in [3.63, 3.8) is 0 Å². The number of morpholine rings is 1. The van der Waals surface area contributed by atoms with Gasteiger partial charge in [0.2, 0.25) is 5.95 Å². The molecule has 0 unspecified atom stereocenters. The Morgan fingerprint density at radius 2 is 1.93 bits per heavy atom. The number of nitrogens with zero attached hydrogens (tertiary/aromatic N) is 6. The van der Waals surface area contributed by atoms with Crippen molar-refractivity contribution < 1.29 is 4.74 Å². The lowest BCUT2D eigenvalue weighted by molar-refractivity contribution is -0.00443. The van der Waals surface area contributed by atoms with E-state index in [1.165, 1.54) is 0 Å². The minimum absolute atomic E-state index is 0.443. The van der Waals surface area contributed by atoms with Gasteiger partial charge in [-0.1, -0.05) is 0 Å². The molecule has 8 heteroatoms. The van der Waals surface area contributed by atoms with E-state index in [1.807, 2.05) is 39.8 Å². The molecule has 1 saturated heterocycles. The van der Waals surface area contributed by atoms with E-state index in [9.17, 15) is 0 Å². The van der Waals surface area contributed by atoms with Crippen LogP contribution in [0.3, 0.4) is 0 Å². The summed E-state index contributed by atoms with van der Waals surface area (Å²) in [7, 11) is 0. The number of pyridine rings is 1. The standard InChI is InChI=1S/C21H23N7O/c1-2-20-22-4-6-27(20)14-15(1)18-3-5-28-19(18)13-23-21(25-28)24-16-11-17(12-16)26-7-9-29-10-8-26/h1-6,13-14,16-17H,7-12H2,(H,24,25)/t16-,17+. The van der Waals surface area contributed by atoms with Crippen molar-refractivity contribution in [1.29, 1.82) is 0 Å². The van der Waals surface area contributed by atoms with Crippen LogP contribution in [0, 0.1) is 0 Å². The van der Waals surface area contributed by atoms with Gasteiger partial charge in [0, 0.05) is 61.1 Å². The zero-order valence-electron chi connectivity index (χ0n) is 16.1. The van der Waals surface area contributed by atoms with Crippen LogP contribution in [-0.2, 0) is 4.74 Å². The van der Waals surface area contributed by atoms with Gasteiger partial charge < -0.3 is 14.5 Å². The first-order valence-corrected chi connectivity index (χ1v) is 10.2. The molecule has 148 valence electrons. The van der Waals surface area contributed by atoms with Gasteiger partial charge in [0.05, 0.1) is 24.9 Å². The summed E-state index contributed by atoms with van der Waals surface area (Å²) in [5, 5.41) is 8.17. The van der Waals surface area contributed by atoms with Crippen LogP contribution in [0.2, 0.25) is 0 Å². The van der Waals surface area contributed by atoms with Gasteiger partial charge in [-0.25, -0.2) is 14.5 Å². The van der Waals surface area contributed by atoms with Gasteiger partial charge in [0.1, 0.15) is 5.65 Å². The molecule has 1 saturated carbocycles. The molecule has 2 fully saturated rings. The highest BCUT2D eigenvalue weighted by atomic mass is 16.5. The van der Waals surface area contributed by atoms with E-state index in [1.54, 1.807) is 0 Å². The van der Waals surface area contributed by atoms with Crippen molar-refractivity contribution in [2.75, 3.05) is 31.6 Å². The Kier molecular flexibility index (Phi) is 3.98. The maximum Gasteiger partial charge on any atom is 0.241 e. The van der Waals surface area contributed by atoms with Crippen LogP contribution in [0.5, 0.6) is 0 Å². The quantitative estimate of drug-likeness (QED) is 0.578. The zero-order valence-corrected chi connectivity index (χ0v) is 16.1. The monoisotopic (exact) mass is 389 g/mol. The summed E-state index contributed by atoms with van der Waals surface area (Å²) in [4.78, 5) is 11.4. The first-order chi connectivity index (χ1) is 14.3. The Hall–Kier alpha value is -2.97. The van der Waals surface area contributed by atoms with Gasteiger partial charge in [-0.3, -0.25) is 4.90 Å². The number of rotatable bonds is 4. The maximum atomic E-state index is 5.45. The van der Waals surface area contributed by atoms with Gasteiger partial charge in [-0.2, -0.15) is 0 Å². The number of aromatic nitrogens is 5. The second-order valence-corrected chi connectivity index (χ2v) is 7.87. The number of hydrogen-bond acceptors (Lipinski definition) is 6. The molecule has 2 aliphatic rings. The van der Waals surface area contributed by atoms with Crippen molar-refractivity contribution in [2.24, 2.45) is 0 Å². The van der Waals surface area contributed by atoms with Crippen LogP contribution in [0.25, 0.3) is 22.3 Å². The number of imidazole rings is 1. The predicted molar refractivity (Wildman–Crippen MR) is 110 cm³/mol.